The summed E-state index contributed by atoms with van der Waals surface area (Å²) in [5.74, 6) is 0.880. The van der Waals surface area contributed by atoms with Crippen LogP contribution in [0.25, 0.3) is 11.4 Å². The Kier molecular flexibility index (Phi) is 6.00. The van der Waals surface area contributed by atoms with E-state index in [-0.39, 0.29) is 11.2 Å². The topological polar surface area (TPSA) is 59.8 Å². The minimum absolute atomic E-state index is 0.0405. The predicted molar refractivity (Wildman–Crippen MR) is 89.8 cm³/mol. The maximum atomic E-state index is 12.0. The summed E-state index contributed by atoms with van der Waals surface area (Å²) in [7, 11) is 0. The third-order valence-electron chi connectivity index (χ3n) is 3.27. The van der Waals surface area contributed by atoms with E-state index in [1.165, 1.54) is 11.8 Å². The minimum Gasteiger partial charge on any atom is -0.355 e. The van der Waals surface area contributed by atoms with E-state index in [1.54, 1.807) is 0 Å². The van der Waals surface area contributed by atoms with E-state index in [1.807, 2.05) is 48.7 Å². The zero-order chi connectivity index (χ0) is 15.9. The zero-order valence-electron chi connectivity index (χ0n) is 13.2. The van der Waals surface area contributed by atoms with Crippen molar-refractivity contribution in [3.63, 3.8) is 0 Å². The van der Waals surface area contributed by atoms with Gasteiger partial charge in [0.15, 0.2) is 11.0 Å². The third-order valence-corrected chi connectivity index (χ3v) is 4.35. The van der Waals surface area contributed by atoms with Crippen molar-refractivity contribution in [3.8, 4) is 11.4 Å². The van der Waals surface area contributed by atoms with Crippen molar-refractivity contribution in [2.24, 2.45) is 0 Å². The van der Waals surface area contributed by atoms with Gasteiger partial charge in [0.2, 0.25) is 5.91 Å². The summed E-state index contributed by atoms with van der Waals surface area (Å²) in [5.41, 5.74) is 1.03. The van der Waals surface area contributed by atoms with E-state index in [4.69, 9.17) is 0 Å². The molecule has 1 amide bonds. The minimum atomic E-state index is -0.190. The molecule has 1 unspecified atom stereocenters. The van der Waals surface area contributed by atoms with Crippen molar-refractivity contribution < 1.29 is 4.79 Å². The first-order chi connectivity index (χ1) is 10.7. The number of hydrogen-bond acceptors (Lipinski definition) is 4. The fourth-order valence-electron chi connectivity index (χ4n) is 2.07. The molecule has 0 aliphatic rings. The molecule has 1 aromatic heterocycles. The van der Waals surface area contributed by atoms with Crippen LogP contribution in [0, 0.1) is 0 Å². The number of aromatic nitrogens is 3. The molecule has 1 heterocycles. The molecule has 6 heteroatoms. The second-order valence-corrected chi connectivity index (χ2v) is 6.28. The first-order valence-electron chi connectivity index (χ1n) is 7.60. The number of carbonyl (C=O) groups is 1. The van der Waals surface area contributed by atoms with Gasteiger partial charge in [0.25, 0.3) is 0 Å². The molecule has 118 valence electrons. The normalized spacial score (nSPS) is 12.1. The lowest BCUT2D eigenvalue weighted by Crippen LogP contribution is -2.31. The number of amides is 1. The smallest absolute Gasteiger partial charge is 0.233 e. The molecular weight excluding hydrogens is 296 g/mol. The summed E-state index contributed by atoms with van der Waals surface area (Å²) in [6.45, 7) is 7.47. The van der Waals surface area contributed by atoms with Crippen molar-refractivity contribution >= 4 is 17.7 Å². The molecule has 0 bridgehead atoms. The van der Waals surface area contributed by atoms with Crippen LogP contribution >= 0.6 is 11.8 Å². The number of carbonyl (C=O) groups excluding carboxylic acids is 1. The highest BCUT2D eigenvalue weighted by molar-refractivity contribution is 8.00. The van der Waals surface area contributed by atoms with Gasteiger partial charge in [-0.3, -0.25) is 4.79 Å². The molecule has 0 fully saturated rings. The highest BCUT2D eigenvalue weighted by Crippen LogP contribution is 2.26. The second kappa shape index (κ2) is 7.98. The molecular formula is C16H22N4OS. The lowest BCUT2D eigenvalue weighted by molar-refractivity contribution is -0.120. The molecule has 0 radical (unpaired) electrons. The number of hydrogen-bond donors (Lipinski definition) is 1. The lowest BCUT2D eigenvalue weighted by Gasteiger charge is -2.12. The van der Waals surface area contributed by atoms with Gasteiger partial charge in [0, 0.05) is 18.7 Å². The molecule has 2 rings (SSSR count). The van der Waals surface area contributed by atoms with Crippen molar-refractivity contribution in [2.45, 2.75) is 44.1 Å². The van der Waals surface area contributed by atoms with Gasteiger partial charge in [0.05, 0.1) is 5.25 Å². The Hall–Kier alpha value is -1.82. The standard InChI is InChI=1S/C16H22N4OS/c1-4-11-17-15(21)12(3)22-16-19-18-14(20(16)5-2)13-9-7-6-8-10-13/h6-10,12H,4-5,11H2,1-3H3,(H,17,21). The van der Waals surface area contributed by atoms with E-state index in [9.17, 15) is 4.79 Å². The Morgan fingerprint density at radius 1 is 1.27 bits per heavy atom. The van der Waals surface area contributed by atoms with Crippen LogP contribution in [0.15, 0.2) is 35.5 Å². The quantitative estimate of drug-likeness (QED) is 0.797. The van der Waals surface area contributed by atoms with Gasteiger partial charge < -0.3 is 9.88 Å². The summed E-state index contributed by atoms with van der Waals surface area (Å²) in [6, 6.07) is 9.98. The van der Waals surface area contributed by atoms with Crippen LogP contribution in [0.4, 0.5) is 0 Å². The third kappa shape index (κ3) is 3.88. The van der Waals surface area contributed by atoms with Crippen LogP contribution in [0.1, 0.15) is 27.2 Å². The first kappa shape index (κ1) is 16.5. The molecule has 1 atom stereocenters. The molecule has 22 heavy (non-hydrogen) atoms. The molecule has 1 aromatic carbocycles. The summed E-state index contributed by atoms with van der Waals surface area (Å²) in [5, 5.41) is 12.1. The molecule has 0 aliphatic carbocycles. The Morgan fingerprint density at radius 3 is 2.64 bits per heavy atom. The lowest BCUT2D eigenvalue weighted by atomic mass is 10.2. The van der Waals surface area contributed by atoms with Gasteiger partial charge in [-0.1, -0.05) is 49.0 Å². The summed E-state index contributed by atoms with van der Waals surface area (Å²) in [6.07, 6.45) is 0.937. The van der Waals surface area contributed by atoms with E-state index in [0.29, 0.717) is 6.54 Å². The molecule has 0 saturated carbocycles. The Morgan fingerprint density at radius 2 is 2.00 bits per heavy atom. The summed E-state index contributed by atoms with van der Waals surface area (Å²) in [4.78, 5) is 12.0. The number of rotatable bonds is 7. The Bertz CT molecular complexity index is 612. The van der Waals surface area contributed by atoms with Crippen LogP contribution in [-0.4, -0.2) is 32.5 Å². The van der Waals surface area contributed by atoms with Crippen LogP contribution in [0.3, 0.4) is 0 Å². The highest BCUT2D eigenvalue weighted by Gasteiger charge is 2.19. The van der Waals surface area contributed by atoms with Crippen LogP contribution in [0.5, 0.6) is 0 Å². The van der Waals surface area contributed by atoms with Gasteiger partial charge >= 0.3 is 0 Å². The van der Waals surface area contributed by atoms with Crippen LogP contribution in [0.2, 0.25) is 0 Å². The molecule has 1 N–H and O–H groups in total. The molecule has 2 aromatic rings. The summed E-state index contributed by atoms with van der Waals surface area (Å²) >= 11 is 1.45. The van der Waals surface area contributed by atoms with E-state index in [2.05, 4.69) is 22.4 Å². The highest BCUT2D eigenvalue weighted by atomic mass is 32.2. The zero-order valence-corrected chi connectivity index (χ0v) is 14.1. The summed E-state index contributed by atoms with van der Waals surface area (Å²) < 4.78 is 2.05. The van der Waals surface area contributed by atoms with Gasteiger partial charge in [-0.15, -0.1) is 10.2 Å². The van der Waals surface area contributed by atoms with Gasteiger partial charge in [-0.2, -0.15) is 0 Å². The maximum Gasteiger partial charge on any atom is 0.233 e. The van der Waals surface area contributed by atoms with E-state index >= 15 is 0 Å². The number of thioether (sulfide) groups is 1. The number of nitrogens with zero attached hydrogens (tertiary/aromatic N) is 3. The second-order valence-electron chi connectivity index (χ2n) is 4.97. The number of benzene rings is 1. The Labute approximate surface area is 135 Å². The van der Waals surface area contributed by atoms with E-state index in [0.717, 1.165) is 29.5 Å². The van der Waals surface area contributed by atoms with Crippen LogP contribution < -0.4 is 5.32 Å². The van der Waals surface area contributed by atoms with Crippen molar-refractivity contribution in [1.29, 1.82) is 0 Å². The molecule has 5 nitrogen and oxygen atoms in total. The van der Waals surface area contributed by atoms with Crippen molar-refractivity contribution in [3.05, 3.63) is 30.3 Å². The monoisotopic (exact) mass is 318 g/mol. The van der Waals surface area contributed by atoms with Gasteiger partial charge in [-0.05, 0) is 20.3 Å². The molecule has 0 spiro atoms. The van der Waals surface area contributed by atoms with E-state index < -0.39 is 0 Å². The largest absolute Gasteiger partial charge is 0.355 e. The fraction of sp³-hybridized carbons (Fsp3) is 0.438. The fourth-order valence-corrected chi connectivity index (χ4v) is 3.00. The Balaban J connectivity index is 2.16. The van der Waals surface area contributed by atoms with Crippen molar-refractivity contribution in [2.75, 3.05) is 6.54 Å². The molecule has 0 saturated heterocycles. The molecule has 0 aliphatic heterocycles. The predicted octanol–water partition coefficient (Wildman–Crippen LogP) is 2.97. The average molecular weight is 318 g/mol. The van der Waals surface area contributed by atoms with Crippen LogP contribution in [-0.2, 0) is 11.3 Å². The SMILES string of the molecule is CCCNC(=O)C(C)Sc1nnc(-c2ccccc2)n1CC. The average Bonchev–Trinajstić information content (AvgIpc) is 2.95. The first-order valence-corrected chi connectivity index (χ1v) is 8.48. The van der Waals surface area contributed by atoms with Gasteiger partial charge in [0.1, 0.15) is 0 Å². The van der Waals surface area contributed by atoms with Crippen molar-refractivity contribution in [1.82, 2.24) is 20.1 Å². The maximum absolute atomic E-state index is 12.0. The number of nitrogens with one attached hydrogen (secondary N) is 1. The van der Waals surface area contributed by atoms with Gasteiger partial charge in [-0.25, -0.2) is 0 Å².